The Balaban J connectivity index is 1.48. The van der Waals surface area contributed by atoms with E-state index in [9.17, 15) is 9.59 Å². The lowest BCUT2D eigenvalue weighted by Gasteiger charge is -2.32. The van der Waals surface area contributed by atoms with E-state index < -0.39 is 0 Å². The summed E-state index contributed by atoms with van der Waals surface area (Å²) in [5, 5.41) is 12.3. The number of likely N-dealkylation sites (tertiary alicyclic amines) is 1. The van der Waals surface area contributed by atoms with Gasteiger partial charge in [-0.25, -0.2) is 0 Å². The molecule has 0 radical (unpaired) electrons. The van der Waals surface area contributed by atoms with Crippen molar-refractivity contribution >= 4 is 5.91 Å². The maximum Gasteiger partial charge on any atom is 0.266 e. The molecule has 1 amide bonds. The molecule has 1 saturated heterocycles. The Labute approximate surface area is 171 Å². The minimum Gasteiger partial charge on any atom is -0.353 e. The van der Waals surface area contributed by atoms with Crippen LogP contribution in [0.3, 0.4) is 0 Å². The van der Waals surface area contributed by atoms with Gasteiger partial charge in [0.25, 0.3) is 5.56 Å². The summed E-state index contributed by atoms with van der Waals surface area (Å²) < 4.78 is 0. The molecule has 1 aliphatic heterocycles. The summed E-state index contributed by atoms with van der Waals surface area (Å²) in [6.07, 6.45) is 2.77. The Kier molecular flexibility index (Phi) is 6.84. The second-order valence-corrected chi connectivity index (χ2v) is 7.77. The second-order valence-electron chi connectivity index (χ2n) is 7.77. The predicted octanol–water partition coefficient (Wildman–Crippen LogP) is 2.58. The van der Waals surface area contributed by atoms with E-state index in [0.29, 0.717) is 18.4 Å². The first kappa shape index (κ1) is 20.8. The topological polar surface area (TPSA) is 89.0 Å². The van der Waals surface area contributed by atoms with Crippen LogP contribution < -0.4 is 10.9 Å². The van der Waals surface area contributed by atoms with Gasteiger partial charge in [-0.2, -0.15) is 5.26 Å². The highest BCUT2D eigenvalue weighted by atomic mass is 16.1. The van der Waals surface area contributed by atoms with Gasteiger partial charge in [0.2, 0.25) is 5.91 Å². The normalized spacial score (nSPS) is 15.1. The number of nitrogens with one attached hydrogen (secondary N) is 2. The molecule has 152 valence electrons. The number of pyridine rings is 1. The molecule has 0 unspecified atom stereocenters. The van der Waals surface area contributed by atoms with Gasteiger partial charge >= 0.3 is 0 Å². The summed E-state index contributed by atoms with van der Waals surface area (Å²) in [5.74, 6) is 0.0232. The van der Waals surface area contributed by atoms with Gasteiger partial charge in [-0.05, 0) is 49.8 Å². The molecule has 6 nitrogen and oxygen atoms in total. The number of H-pyrrole nitrogens is 1. The minimum atomic E-state index is -0.363. The number of rotatable bonds is 6. The summed E-state index contributed by atoms with van der Waals surface area (Å²) in [6, 6.07) is 12.6. The van der Waals surface area contributed by atoms with Crippen molar-refractivity contribution in [3.63, 3.8) is 0 Å². The monoisotopic (exact) mass is 392 g/mol. The molecule has 0 spiro atoms. The zero-order valence-electron chi connectivity index (χ0n) is 17.1. The van der Waals surface area contributed by atoms with Gasteiger partial charge in [-0.15, -0.1) is 0 Å². The average molecular weight is 393 g/mol. The molecule has 0 saturated carbocycles. The van der Waals surface area contributed by atoms with Crippen LogP contribution in [0.4, 0.5) is 0 Å². The molecule has 2 N–H and O–H groups in total. The number of aromatic amines is 1. The largest absolute Gasteiger partial charge is 0.353 e. The molecule has 3 rings (SSSR count). The Morgan fingerprint density at radius 3 is 2.59 bits per heavy atom. The fourth-order valence-corrected chi connectivity index (χ4v) is 4.04. The average Bonchev–Trinajstić information content (AvgIpc) is 2.70. The van der Waals surface area contributed by atoms with Crippen molar-refractivity contribution in [1.82, 2.24) is 15.2 Å². The molecule has 1 fully saturated rings. The lowest BCUT2D eigenvalue weighted by molar-refractivity contribution is -0.122. The first-order chi connectivity index (χ1) is 14.0. The summed E-state index contributed by atoms with van der Waals surface area (Å²) in [4.78, 5) is 29.4. The maximum atomic E-state index is 12.4. The first-order valence-electron chi connectivity index (χ1n) is 10.2. The molecular formula is C23H28N4O2. The van der Waals surface area contributed by atoms with Gasteiger partial charge < -0.3 is 10.3 Å². The molecule has 0 bridgehead atoms. The van der Waals surface area contributed by atoms with E-state index in [2.05, 4.69) is 39.5 Å². The summed E-state index contributed by atoms with van der Waals surface area (Å²) in [5.41, 5.74) is 3.38. The van der Waals surface area contributed by atoms with E-state index in [4.69, 9.17) is 5.26 Å². The SMILES string of the molecule is Cc1[nH]c(=O)c(C#N)c(C)c1CCC(=O)NC1CCN(Cc2ccccc2)CC1. The van der Waals surface area contributed by atoms with Crippen LogP contribution in [-0.2, 0) is 17.8 Å². The van der Waals surface area contributed by atoms with Crippen molar-refractivity contribution < 1.29 is 4.79 Å². The zero-order chi connectivity index (χ0) is 20.8. The van der Waals surface area contributed by atoms with E-state index in [1.54, 1.807) is 6.92 Å². The van der Waals surface area contributed by atoms with Gasteiger partial charge in [0.05, 0.1) is 0 Å². The number of aryl methyl sites for hydroxylation is 1. The molecule has 2 aromatic rings. The summed E-state index contributed by atoms with van der Waals surface area (Å²) >= 11 is 0. The number of carbonyl (C=O) groups is 1. The number of benzene rings is 1. The molecule has 2 heterocycles. The molecule has 6 heteroatoms. The Morgan fingerprint density at radius 1 is 1.24 bits per heavy atom. The third-order valence-electron chi connectivity index (χ3n) is 5.72. The first-order valence-corrected chi connectivity index (χ1v) is 10.2. The highest BCUT2D eigenvalue weighted by Gasteiger charge is 2.21. The van der Waals surface area contributed by atoms with Gasteiger partial charge in [-0.3, -0.25) is 14.5 Å². The van der Waals surface area contributed by atoms with E-state index in [1.807, 2.05) is 19.1 Å². The van der Waals surface area contributed by atoms with Gasteiger partial charge in [0, 0.05) is 37.8 Å². The Bertz CT molecular complexity index is 951. The Hall–Kier alpha value is -2.91. The van der Waals surface area contributed by atoms with Crippen LogP contribution in [0, 0.1) is 25.2 Å². The molecule has 29 heavy (non-hydrogen) atoms. The quantitative estimate of drug-likeness (QED) is 0.791. The van der Waals surface area contributed by atoms with Crippen LogP contribution >= 0.6 is 0 Å². The van der Waals surface area contributed by atoms with Crippen molar-refractivity contribution in [3.8, 4) is 6.07 Å². The minimum absolute atomic E-state index is 0.0232. The van der Waals surface area contributed by atoms with Crippen molar-refractivity contribution in [1.29, 1.82) is 5.26 Å². The number of nitrogens with zero attached hydrogens (tertiary/aromatic N) is 2. The van der Waals surface area contributed by atoms with E-state index in [-0.39, 0.29) is 23.1 Å². The standard InChI is InChI=1S/C23H28N4O2/c1-16-20(17(2)25-23(29)21(16)14-24)8-9-22(28)26-19-10-12-27(13-11-19)15-18-6-4-3-5-7-18/h3-7,19H,8-13,15H2,1-2H3,(H,25,29)(H,26,28). The number of aromatic nitrogens is 1. The lowest BCUT2D eigenvalue weighted by atomic mass is 9.98. The van der Waals surface area contributed by atoms with Crippen LogP contribution in [-0.4, -0.2) is 34.9 Å². The smallest absolute Gasteiger partial charge is 0.266 e. The number of hydrogen-bond acceptors (Lipinski definition) is 4. The van der Waals surface area contributed by atoms with Crippen molar-refractivity contribution in [2.45, 2.75) is 52.1 Å². The van der Waals surface area contributed by atoms with Crippen molar-refractivity contribution in [2.24, 2.45) is 0 Å². The fourth-order valence-electron chi connectivity index (χ4n) is 4.04. The van der Waals surface area contributed by atoms with Crippen LogP contribution in [0.5, 0.6) is 0 Å². The van der Waals surface area contributed by atoms with Gasteiger partial charge in [0.1, 0.15) is 11.6 Å². The van der Waals surface area contributed by atoms with E-state index in [1.165, 1.54) is 5.56 Å². The summed E-state index contributed by atoms with van der Waals surface area (Å²) in [6.45, 7) is 6.49. The third-order valence-corrected chi connectivity index (χ3v) is 5.72. The van der Waals surface area contributed by atoms with Gasteiger partial charge in [-0.1, -0.05) is 30.3 Å². The lowest BCUT2D eigenvalue weighted by Crippen LogP contribution is -2.44. The van der Waals surface area contributed by atoms with E-state index in [0.717, 1.165) is 43.7 Å². The van der Waals surface area contributed by atoms with Crippen LogP contribution in [0.2, 0.25) is 0 Å². The molecule has 0 aliphatic carbocycles. The molecule has 1 aliphatic rings. The third kappa shape index (κ3) is 5.33. The zero-order valence-corrected chi connectivity index (χ0v) is 17.1. The number of nitriles is 1. The number of hydrogen-bond donors (Lipinski definition) is 2. The van der Waals surface area contributed by atoms with Crippen LogP contribution in [0.15, 0.2) is 35.1 Å². The fraction of sp³-hybridized carbons (Fsp3) is 0.435. The van der Waals surface area contributed by atoms with E-state index >= 15 is 0 Å². The van der Waals surface area contributed by atoms with Crippen LogP contribution in [0.25, 0.3) is 0 Å². The van der Waals surface area contributed by atoms with Gasteiger partial charge in [0.15, 0.2) is 0 Å². The number of piperidine rings is 1. The molecule has 1 aromatic carbocycles. The second kappa shape index (κ2) is 9.53. The molecule has 0 atom stereocenters. The predicted molar refractivity (Wildman–Crippen MR) is 112 cm³/mol. The number of carbonyl (C=O) groups excluding carboxylic acids is 1. The van der Waals surface area contributed by atoms with Crippen LogP contribution in [0.1, 0.15) is 47.2 Å². The highest BCUT2D eigenvalue weighted by Crippen LogP contribution is 2.16. The van der Waals surface area contributed by atoms with Crippen molar-refractivity contribution in [2.75, 3.05) is 13.1 Å². The highest BCUT2D eigenvalue weighted by molar-refractivity contribution is 5.76. The maximum absolute atomic E-state index is 12.4. The van der Waals surface area contributed by atoms with Crippen molar-refractivity contribution in [3.05, 3.63) is 68.6 Å². The number of amides is 1. The molecule has 1 aromatic heterocycles. The molecular weight excluding hydrogens is 364 g/mol. The Morgan fingerprint density at radius 2 is 1.93 bits per heavy atom. The summed E-state index contributed by atoms with van der Waals surface area (Å²) in [7, 11) is 0.